The quantitative estimate of drug-likeness (QED) is 0.146. The zero-order valence-corrected chi connectivity index (χ0v) is 30.8. The highest BCUT2D eigenvalue weighted by Gasteiger charge is 2.34. The predicted molar refractivity (Wildman–Crippen MR) is 206 cm³/mol. The van der Waals surface area contributed by atoms with E-state index in [0.29, 0.717) is 62.1 Å². The maximum atomic E-state index is 14.6. The van der Waals surface area contributed by atoms with Crippen LogP contribution in [0.1, 0.15) is 40.2 Å². The van der Waals surface area contributed by atoms with Crippen molar-refractivity contribution < 1.29 is 36.8 Å². The van der Waals surface area contributed by atoms with Crippen LogP contribution in [0.5, 0.6) is 0 Å². The third-order valence-electron chi connectivity index (χ3n) is 8.78. The van der Waals surface area contributed by atoms with Gasteiger partial charge in [0.25, 0.3) is 0 Å². The molecule has 4 aromatic heterocycles. The van der Waals surface area contributed by atoms with E-state index in [1.54, 1.807) is 60.8 Å². The molecule has 8 nitrogen and oxygen atoms in total. The van der Waals surface area contributed by atoms with Crippen LogP contribution in [0.3, 0.4) is 0 Å². The number of nitrogens with zero attached hydrogens (tertiary/aromatic N) is 4. The summed E-state index contributed by atoms with van der Waals surface area (Å²) < 4.78 is 65.2. The van der Waals surface area contributed by atoms with Gasteiger partial charge in [0.05, 0.1) is 22.4 Å². The van der Waals surface area contributed by atoms with Gasteiger partial charge in [0, 0.05) is 56.5 Å². The van der Waals surface area contributed by atoms with E-state index in [9.17, 15) is 27.8 Å². The van der Waals surface area contributed by atoms with Gasteiger partial charge in [-0.25, -0.2) is 4.39 Å². The molecule has 14 heteroatoms. The summed E-state index contributed by atoms with van der Waals surface area (Å²) in [5.41, 5.74) is 2.37. The standard InChI is InChI=1S/C22H13ClF4N2O2.C21H15ClN2O2/c23-15-6-3-12(4-7-15)21-18(20(30)13-2-1-9-28-11-13)19(29-31-21)16-10-14(22(25,26)27)5-8-17(16)24;22-16-11-9-14(10-12-16)19-18(20(25)17-8-4-5-13-23-17)21(26-24-19)15-6-2-1-3-7-15/h1-11,20,30H;1-13,20,25H. The molecule has 4 heterocycles. The lowest BCUT2D eigenvalue weighted by atomic mass is 9.94. The van der Waals surface area contributed by atoms with E-state index < -0.39 is 35.3 Å². The van der Waals surface area contributed by atoms with Gasteiger partial charge in [0.15, 0.2) is 11.5 Å². The molecule has 0 bridgehead atoms. The van der Waals surface area contributed by atoms with Crippen molar-refractivity contribution in [3.63, 3.8) is 0 Å². The number of hydrogen-bond donors (Lipinski definition) is 2. The van der Waals surface area contributed by atoms with Crippen molar-refractivity contribution in [2.24, 2.45) is 0 Å². The van der Waals surface area contributed by atoms with Gasteiger partial charge in [-0.2, -0.15) is 13.2 Å². The summed E-state index contributed by atoms with van der Waals surface area (Å²) in [6.45, 7) is 0. The highest BCUT2D eigenvalue weighted by Crippen LogP contribution is 2.42. The highest BCUT2D eigenvalue weighted by molar-refractivity contribution is 6.30. The molecule has 0 aliphatic rings. The van der Waals surface area contributed by atoms with Crippen molar-refractivity contribution in [3.8, 4) is 45.2 Å². The molecule has 0 spiro atoms. The third-order valence-corrected chi connectivity index (χ3v) is 9.28. The Morgan fingerprint density at radius 3 is 1.79 bits per heavy atom. The van der Waals surface area contributed by atoms with Crippen LogP contribution in [0.25, 0.3) is 45.2 Å². The fraction of sp³-hybridized carbons (Fsp3) is 0.0698. The summed E-state index contributed by atoms with van der Waals surface area (Å²) in [5.74, 6) is -0.350. The van der Waals surface area contributed by atoms with Crippen molar-refractivity contribution in [1.29, 1.82) is 0 Å². The molecular weight excluding hydrogens is 783 g/mol. The van der Waals surface area contributed by atoms with Crippen LogP contribution in [0.2, 0.25) is 10.0 Å². The molecule has 57 heavy (non-hydrogen) atoms. The van der Waals surface area contributed by atoms with Crippen molar-refractivity contribution >= 4 is 23.2 Å². The molecule has 2 unspecified atom stereocenters. The Labute approximate surface area is 332 Å². The number of benzene rings is 4. The maximum Gasteiger partial charge on any atom is 0.416 e. The summed E-state index contributed by atoms with van der Waals surface area (Å²) >= 11 is 11.9. The van der Waals surface area contributed by atoms with Gasteiger partial charge in [-0.3, -0.25) is 9.97 Å². The number of aliphatic hydroxyl groups excluding tert-OH is 2. The number of aliphatic hydroxyl groups is 2. The van der Waals surface area contributed by atoms with Crippen molar-refractivity contribution in [3.05, 3.63) is 190 Å². The molecule has 0 saturated heterocycles. The minimum atomic E-state index is -4.69. The first-order valence-corrected chi connectivity index (χ1v) is 17.9. The first kappa shape index (κ1) is 39.1. The fourth-order valence-electron chi connectivity index (χ4n) is 5.99. The average Bonchev–Trinajstić information content (AvgIpc) is 3.88. The summed E-state index contributed by atoms with van der Waals surface area (Å²) in [7, 11) is 0. The van der Waals surface area contributed by atoms with Crippen LogP contribution in [0, 0.1) is 5.82 Å². The van der Waals surface area contributed by atoms with Gasteiger partial charge in [-0.15, -0.1) is 0 Å². The Morgan fingerprint density at radius 2 is 1.19 bits per heavy atom. The van der Waals surface area contributed by atoms with Crippen LogP contribution in [-0.4, -0.2) is 30.5 Å². The molecule has 0 radical (unpaired) electrons. The van der Waals surface area contributed by atoms with E-state index in [2.05, 4.69) is 20.3 Å². The predicted octanol–water partition coefficient (Wildman–Crippen LogP) is 11.4. The van der Waals surface area contributed by atoms with Crippen LogP contribution >= 0.6 is 23.2 Å². The van der Waals surface area contributed by atoms with Crippen LogP contribution in [0.4, 0.5) is 17.6 Å². The average molecular weight is 812 g/mol. The summed E-state index contributed by atoms with van der Waals surface area (Å²) in [6, 6.07) is 33.7. The minimum absolute atomic E-state index is 0.00791. The number of halogens is 6. The monoisotopic (exact) mass is 810 g/mol. The topological polar surface area (TPSA) is 118 Å². The van der Waals surface area contributed by atoms with Crippen molar-refractivity contribution in [2.45, 2.75) is 18.4 Å². The molecule has 0 aliphatic carbocycles. The van der Waals surface area contributed by atoms with Crippen LogP contribution in [0.15, 0.2) is 155 Å². The smallest absolute Gasteiger partial charge is 0.383 e. The van der Waals surface area contributed by atoms with Gasteiger partial charge < -0.3 is 19.3 Å². The summed E-state index contributed by atoms with van der Waals surface area (Å²) in [6.07, 6.45) is -2.52. The zero-order chi connectivity index (χ0) is 40.1. The Morgan fingerprint density at radius 1 is 0.596 bits per heavy atom. The van der Waals surface area contributed by atoms with Gasteiger partial charge in [-0.05, 0) is 72.8 Å². The SMILES string of the molecule is OC(c1ccccn1)c1c(-c2ccc(Cl)cc2)noc1-c1ccccc1.OC(c1cccnc1)c1c(-c2cc(C(F)(F)F)ccc2F)noc1-c1ccc(Cl)cc1. The second-order valence-electron chi connectivity index (χ2n) is 12.5. The van der Waals surface area contributed by atoms with Crippen LogP contribution < -0.4 is 0 Å². The lowest BCUT2D eigenvalue weighted by Crippen LogP contribution is -2.07. The first-order chi connectivity index (χ1) is 27.5. The van der Waals surface area contributed by atoms with Crippen molar-refractivity contribution in [2.75, 3.05) is 0 Å². The second kappa shape index (κ2) is 16.9. The second-order valence-corrected chi connectivity index (χ2v) is 13.3. The number of rotatable bonds is 8. The molecule has 4 aromatic carbocycles. The van der Waals surface area contributed by atoms with Crippen molar-refractivity contribution in [1.82, 2.24) is 20.3 Å². The van der Waals surface area contributed by atoms with Crippen LogP contribution in [-0.2, 0) is 6.18 Å². The van der Waals surface area contributed by atoms with Gasteiger partial charge in [0.2, 0.25) is 0 Å². The molecule has 8 rings (SSSR count). The number of pyridine rings is 2. The lowest BCUT2D eigenvalue weighted by molar-refractivity contribution is -0.137. The van der Waals surface area contributed by atoms with Gasteiger partial charge in [0.1, 0.15) is 29.4 Å². The summed E-state index contributed by atoms with van der Waals surface area (Å²) in [4.78, 5) is 8.22. The molecule has 0 amide bonds. The third kappa shape index (κ3) is 8.64. The zero-order valence-electron chi connectivity index (χ0n) is 29.3. The molecule has 286 valence electrons. The Balaban J connectivity index is 0.000000177. The molecule has 0 fully saturated rings. The molecule has 2 N–H and O–H groups in total. The lowest BCUT2D eigenvalue weighted by Gasteiger charge is -2.14. The highest BCUT2D eigenvalue weighted by atomic mass is 35.5. The number of aromatic nitrogens is 4. The van der Waals surface area contributed by atoms with Gasteiger partial charge in [-0.1, -0.05) is 88.1 Å². The van der Waals surface area contributed by atoms with E-state index in [1.807, 2.05) is 54.6 Å². The Kier molecular flexibility index (Phi) is 11.6. The minimum Gasteiger partial charge on any atom is -0.383 e. The molecule has 0 saturated carbocycles. The van der Waals surface area contributed by atoms with E-state index in [4.69, 9.17) is 32.2 Å². The molecule has 2 atom stereocenters. The Bertz CT molecular complexity index is 2570. The normalized spacial score (nSPS) is 12.4. The maximum absolute atomic E-state index is 14.6. The van der Waals surface area contributed by atoms with E-state index in [-0.39, 0.29) is 17.0 Å². The molecule has 0 aliphatic heterocycles. The number of alkyl halides is 3. The fourth-order valence-corrected chi connectivity index (χ4v) is 6.24. The summed E-state index contributed by atoms with van der Waals surface area (Å²) in [5, 5.41) is 31.2. The number of hydrogen-bond acceptors (Lipinski definition) is 8. The van der Waals surface area contributed by atoms with Gasteiger partial charge >= 0.3 is 6.18 Å². The van der Waals surface area contributed by atoms with E-state index >= 15 is 0 Å². The first-order valence-electron chi connectivity index (χ1n) is 17.1. The van der Waals surface area contributed by atoms with E-state index in [1.165, 1.54) is 12.4 Å². The Hall–Kier alpha value is -6.18. The molecule has 8 aromatic rings. The largest absolute Gasteiger partial charge is 0.416 e. The van der Waals surface area contributed by atoms with E-state index in [0.717, 1.165) is 11.1 Å². The molecular formula is C43H28Cl2F4N4O4.